The first-order chi connectivity index (χ1) is 35.7. The molecule has 0 fully saturated rings. The fourth-order valence-electron chi connectivity index (χ4n) is 12.1. The van der Waals surface area contributed by atoms with E-state index in [2.05, 4.69) is 300 Å². The number of hydrogen-bond acceptors (Lipinski definition) is 1. The van der Waals surface area contributed by atoms with Crippen molar-refractivity contribution in [3.63, 3.8) is 0 Å². The summed E-state index contributed by atoms with van der Waals surface area (Å²) in [4.78, 5) is 0. The van der Waals surface area contributed by atoms with Crippen molar-refractivity contribution in [2.75, 3.05) is 0 Å². The second kappa shape index (κ2) is 18.1. The Hall–Kier alpha value is -8.40. The standard InChI is InChI=1S/C67H47Ge2N3/c70-48-61-64(71-62-38-21-19-36-57(62)59-46-55(42-44-66(59)71)68(49-24-7-1-8-25-49,50-26-9-2-10-27-50)51-28-11-3-12-29-51)40-23-41-65(61)72-63-39-22-20-37-58(63)60-47-56(43-45-67(60)72)69(52-30-13-4-14-31-52,53-32-15-5-16-33-53)54-34-17-6-18-35-54/h1-47H. The van der Waals surface area contributed by atoms with Crippen LogP contribution in [0.15, 0.2) is 285 Å². The van der Waals surface area contributed by atoms with E-state index in [-0.39, 0.29) is 0 Å². The van der Waals surface area contributed by atoms with Crippen LogP contribution in [0, 0.1) is 11.3 Å². The van der Waals surface area contributed by atoms with Crippen LogP contribution in [-0.2, 0) is 0 Å². The average Bonchev–Trinajstić information content (AvgIpc) is 3.97. The van der Waals surface area contributed by atoms with Crippen molar-refractivity contribution in [1.82, 2.24) is 9.13 Å². The summed E-state index contributed by atoms with van der Waals surface area (Å²) >= 11 is -7.20. The van der Waals surface area contributed by atoms with Crippen LogP contribution in [0.25, 0.3) is 55.0 Å². The second-order valence-electron chi connectivity index (χ2n) is 18.6. The molecule has 338 valence electrons. The molecule has 2 heterocycles. The van der Waals surface area contributed by atoms with Crippen LogP contribution in [0.2, 0.25) is 0 Å². The van der Waals surface area contributed by atoms with Gasteiger partial charge in [-0.2, -0.15) is 0 Å². The van der Waals surface area contributed by atoms with Crippen molar-refractivity contribution >= 4 is 105 Å². The average molecular weight is 1040 g/mol. The van der Waals surface area contributed by atoms with Crippen molar-refractivity contribution in [2.45, 2.75) is 0 Å². The quantitative estimate of drug-likeness (QED) is 0.126. The van der Waals surface area contributed by atoms with Gasteiger partial charge < -0.3 is 0 Å². The molecule has 13 aromatic rings. The van der Waals surface area contributed by atoms with E-state index in [9.17, 15) is 5.26 Å². The predicted octanol–water partition coefficient (Wildman–Crippen LogP) is 10.5. The molecule has 0 atom stereocenters. The molecule has 2 aromatic heterocycles. The Bertz CT molecular complexity index is 3690. The molecule has 0 radical (unpaired) electrons. The molecule has 11 aromatic carbocycles. The molecule has 0 bridgehead atoms. The van der Waals surface area contributed by atoms with Crippen LogP contribution in [0.4, 0.5) is 0 Å². The van der Waals surface area contributed by atoms with E-state index in [0.29, 0.717) is 5.56 Å². The minimum absolute atomic E-state index is 0.616. The van der Waals surface area contributed by atoms with E-state index in [4.69, 9.17) is 0 Å². The Kier molecular flexibility index (Phi) is 11.0. The van der Waals surface area contributed by atoms with E-state index in [1.807, 2.05) is 0 Å². The van der Waals surface area contributed by atoms with Gasteiger partial charge in [-0.25, -0.2) is 0 Å². The third-order valence-electron chi connectivity index (χ3n) is 15.1. The fourth-order valence-corrected chi connectivity index (χ4v) is 32.1. The summed E-state index contributed by atoms with van der Waals surface area (Å²) < 4.78 is 15.6. The summed E-state index contributed by atoms with van der Waals surface area (Å²) in [5.74, 6) is 0. The zero-order valence-corrected chi connectivity index (χ0v) is 43.7. The van der Waals surface area contributed by atoms with E-state index in [1.54, 1.807) is 0 Å². The van der Waals surface area contributed by atoms with Gasteiger partial charge in [-0.15, -0.1) is 0 Å². The van der Waals surface area contributed by atoms with Gasteiger partial charge in [0.1, 0.15) is 0 Å². The zero-order valence-electron chi connectivity index (χ0n) is 39.5. The van der Waals surface area contributed by atoms with Gasteiger partial charge in [0.15, 0.2) is 0 Å². The summed E-state index contributed by atoms with van der Waals surface area (Å²) in [6.07, 6.45) is 0. The third kappa shape index (κ3) is 6.71. The first kappa shape index (κ1) is 43.6. The molecule has 0 saturated carbocycles. The van der Waals surface area contributed by atoms with E-state index in [0.717, 1.165) is 44.2 Å². The normalized spacial score (nSPS) is 11.9. The summed E-state index contributed by atoms with van der Waals surface area (Å²) in [6.45, 7) is 0. The Balaban J connectivity index is 1.04. The Morgan fingerprint density at radius 1 is 0.250 bits per heavy atom. The molecule has 0 unspecified atom stereocenters. The van der Waals surface area contributed by atoms with Crippen LogP contribution in [0.5, 0.6) is 0 Å². The third-order valence-corrected chi connectivity index (χ3v) is 35.1. The molecule has 13 rings (SSSR count). The number of aromatic nitrogens is 2. The molecule has 0 aliphatic heterocycles. The molecule has 3 nitrogen and oxygen atoms in total. The summed E-state index contributed by atoms with van der Waals surface area (Å²) in [6, 6.07) is 108. The fraction of sp³-hybridized carbons (Fsp3) is 0. The molecular weight excluding hydrogens is 992 g/mol. The van der Waals surface area contributed by atoms with Crippen molar-refractivity contribution in [2.24, 2.45) is 0 Å². The molecule has 0 N–H and O–H groups in total. The Morgan fingerprint density at radius 3 is 0.833 bits per heavy atom. The number of nitrogens with zero attached hydrogens (tertiary/aromatic N) is 3. The van der Waals surface area contributed by atoms with Crippen LogP contribution in [-0.4, -0.2) is 35.7 Å². The van der Waals surface area contributed by atoms with Crippen LogP contribution in [0.3, 0.4) is 0 Å². The van der Waals surface area contributed by atoms with Crippen LogP contribution < -0.4 is 35.2 Å². The molecule has 0 amide bonds. The SMILES string of the molecule is N#Cc1c(-n2c3ccccc3c3c[c]([Ge]([c]4ccccc4)([c]4ccccc4)[c]4ccccc4)ccc32)cccc1-n1c2ccccc2c2c[c]([Ge]([c]3ccccc3)([c]3ccccc3)[c]3ccccc3)ccc21. The number of rotatable bonds is 10. The number of nitriles is 1. The van der Waals surface area contributed by atoms with Crippen molar-refractivity contribution in [3.8, 4) is 17.4 Å². The maximum atomic E-state index is 11.6. The Morgan fingerprint density at radius 2 is 0.528 bits per heavy atom. The van der Waals surface area contributed by atoms with Crippen LogP contribution in [0.1, 0.15) is 5.56 Å². The van der Waals surface area contributed by atoms with Crippen LogP contribution >= 0.6 is 0 Å². The van der Waals surface area contributed by atoms with Crippen molar-refractivity contribution in [3.05, 3.63) is 291 Å². The van der Waals surface area contributed by atoms with Gasteiger partial charge in [-0.1, -0.05) is 0 Å². The molecule has 0 aliphatic rings. The van der Waals surface area contributed by atoms with Gasteiger partial charge in [0, 0.05) is 0 Å². The topological polar surface area (TPSA) is 33.6 Å². The summed E-state index contributed by atoms with van der Waals surface area (Å²) in [7, 11) is 0. The van der Waals surface area contributed by atoms with Gasteiger partial charge in [0.05, 0.1) is 0 Å². The van der Waals surface area contributed by atoms with Gasteiger partial charge >= 0.3 is 428 Å². The number of benzene rings is 11. The van der Waals surface area contributed by atoms with Gasteiger partial charge in [-0.3, -0.25) is 0 Å². The van der Waals surface area contributed by atoms with Crippen molar-refractivity contribution < 1.29 is 0 Å². The number of hydrogen-bond donors (Lipinski definition) is 0. The summed E-state index contributed by atoms with van der Waals surface area (Å²) in [5, 5.41) is 16.2. The first-order valence-electron chi connectivity index (χ1n) is 24.7. The first-order valence-corrected chi connectivity index (χ1v) is 33.0. The predicted molar refractivity (Wildman–Crippen MR) is 307 cm³/mol. The second-order valence-corrected chi connectivity index (χ2v) is 34.6. The zero-order chi connectivity index (χ0) is 48.1. The van der Waals surface area contributed by atoms with E-state index < -0.39 is 26.5 Å². The molecular formula is C67H47Ge2N3. The van der Waals surface area contributed by atoms with Gasteiger partial charge in [0.25, 0.3) is 0 Å². The maximum absolute atomic E-state index is 11.6. The molecule has 5 heteroatoms. The van der Waals surface area contributed by atoms with E-state index in [1.165, 1.54) is 45.9 Å². The van der Waals surface area contributed by atoms with Crippen molar-refractivity contribution in [1.29, 1.82) is 5.26 Å². The number of para-hydroxylation sites is 2. The number of fused-ring (bicyclic) bond motifs is 6. The molecule has 0 saturated heterocycles. The van der Waals surface area contributed by atoms with E-state index >= 15 is 0 Å². The Labute approximate surface area is 424 Å². The van der Waals surface area contributed by atoms with Gasteiger partial charge in [-0.05, 0) is 0 Å². The monoisotopic (exact) mass is 1040 g/mol. The summed E-state index contributed by atoms with van der Waals surface area (Å²) in [5.41, 5.74) is 6.58. The minimum atomic E-state index is -3.60. The van der Waals surface area contributed by atoms with Gasteiger partial charge in [0.2, 0.25) is 0 Å². The molecule has 0 spiro atoms. The molecule has 0 aliphatic carbocycles. The molecule has 72 heavy (non-hydrogen) atoms.